The number of nitrogens with zero attached hydrogens (tertiary/aromatic N) is 4. The fourth-order valence-electron chi connectivity index (χ4n) is 5.62. The number of rotatable bonds is 4. The monoisotopic (exact) mass is 457 g/mol. The summed E-state index contributed by atoms with van der Waals surface area (Å²) in [6.07, 6.45) is 14.0. The lowest BCUT2D eigenvalue weighted by atomic mass is 9.88. The fraction of sp³-hybridized carbons (Fsp3) is 0.444. The zero-order chi connectivity index (χ0) is 23.3. The second-order valence-corrected chi connectivity index (χ2v) is 10.3. The highest BCUT2D eigenvalue weighted by Crippen LogP contribution is 2.32. The van der Waals surface area contributed by atoms with Crippen molar-refractivity contribution in [2.75, 3.05) is 6.61 Å². The highest BCUT2D eigenvalue weighted by atomic mass is 16.5. The summed E-state index contributed by atoms with van der Waals surface area (Å²) in [5, 5.41) is 1.06. The zero-order valence-electron chi connectivity index (χ0n) is 19.9. The van der Waals surface area contributed by atoms with Gasteiger partial charge in [-0.05, 0) is 76.5 Å². The highest BCUT2D eigenvalue weighted by Gasteiger charge is 2.30. The Morgan fingerprint density at radius 3 is 2.85 bits per heavy atom. The van der Waals surface area contributed by atoms with Crippen LogP contribution in [-0.4, -0.2) is 36.3 Å². The normalized spacial score (nSPS) is 20.6. The minimum Gasteiger partial charge on any atom is -0.376 e. The maximum absolute atomic E-state index is 13.8. The van der Waals surface area contributed by atoms with Gasteiger partial charge in [-0.2, -0.15) is 0 Å². The first-order valence-corrected chi connectivity index (χ1v) is 12.4. The number of nitrogens with one attached hydrogen (secondary N) is 1. The van der Waals surface area contributed by atoms with E-state index in [0.29, 0.717) is 12.5 Å². The molecule has 0 amide bonds. The SMILES string of the molecule is CC1(C)CC(Cn2c(=O)n(C3=CCCCC3)c3ncc(-c4cnc5[nH]ccc5c4)cc32)CCO1. The van der Waals surface area contributed by atoms with Crippen molar-refractivity contribution in [2.24, 2.45) is 5.92 Å². The number of pyridine rings is 2. The van der Waals surface area contributed by atoms with Gasteiger partial charge in [0.25, 0.3) is 0 Å². The molecule has 1 aliphatic carbocycles. The first-order valence-electron chi connectivity index (χ1n) is 12.4. The molecule has 0 radical (unpaired) electrons. The molecule has 4 aromatic heterocycles. The van der Waals surface area contributed by atoms with Crippen LogP contribution >= 0.6 is 0 Å². The zero-order valence-corrected chi connectivity index (χ0v) is 19.9. The van der Waals surface area contributed by atoms with Crippen LogP contribution in [0.1, 0.15) is 52.4 Å². The van der Waals surface area contributed by atoms with Gasteiger partial charge in [0, 0.05) is 54.0 Å². The van der Waals surface area contributed by atoms with Crippen LogP contribution in [0.2, 0.25) is 0 Å². The van der Waals surface area contributed by atoms with Crippen molar-refractivity contribution in [2.45, 2.75) is 64.5 Å². The van der Waals surface area contributed by atoms with Gasteiger partial charge in [0.1, 0.15) is 5.65 Å². The summed E-state index contributed by atoms with van der Waals surface area (Å²) in [4.78, 5) is 26.3. The summed E-state index contributed by atoms with van der Waals surface area (Å²) in [6.45, 7) is 5.70. The molecule has 0 saturated carbocycles. The maximum atomic E-state index is 13.8. The first-order chi connectivity index (χ1) is 16.5. The van der Waals surface area contributed by atoms with E-state index < -0.39 is 0 Å². The molecule has 1 atom stereocenters. The lowest BCUT2D eigenvalue weighted by molar-refractivity contribution is -0.0747. The molecule has 1 fully saturated rings. The summed E-state index contributed by atoms with van der Waals surface area (Å²) in [5.74, 6) is 0.391. The van der Waals surface area contributed by atoms with E-state index in [1.165, 1.54) is 6.42 Å². The van der Waals surface area contributed by atoms with Gasteiger partial charge in [0.2, 0.25) is 0 Å². The van der Waals surface area contributed by atoms with E-state index >= 15 is 0 Å². The Morgan fingerprint density at radius 2 is 2.03 bits per heavy atom. The van der Waals surface area contributed by atoms with Crippen molar-refractivity contribution in [3.05, 3.63) is 53.3 Å². The molecule has 5 heterocycles. The Balaban J connectivity index is 1.48. The van der Waals surface area contributed by atoms with Gasteiger partial charge in [-0.25, -0.2) is 19.3 Å². The summed E-state index contributed by atoms with van der Waals surface area (Å²) in [6, 6.07) is 6.25. The molecule has 0 bridgehead atoms. The molecule has 0 aromatic carbocycles. The van der Waals surface area contributed by atoms with E-state index in [9.17, 15) is 4.79 Å². The minimum atomic E-state index is -0.155. The number of hydrogen-bond acceptors (Lipinski definition) is 4. The van der Waals surface area contributed by atoms with Crippen LogP contribution in [0.5, 0.6) is 0 Å². The number of imidazole rings is 1. The summed E-state index contributed by atoms with van der Waals surface area (Å²) in [5.41, 5.74) is 5.44. The fourth-order valence-corrected chi connectivity index (χ4v) is 5.62. The van der Waals surface area contributed by atoms with Crippen molar-refractivity contribution in [1.82, 2.24) is 24.1 Å². The number of allylic oxidation sites excluding steroid dienone is 2. The molecule has 4 aromatic rings. The third kappa shape index (κ3) is 3.78. The second-order valence-electron chi connectivity index (χ2n) is 10.3. The van der Waals surface area contributed by atoms with E-state index in [1.54, 1.807) is 0 Å². The van der Waals surface area contributed by atoms with Crippen molar-refractivity contribution >= 4 is 27.9 Å². The van der Waals surface area contributed by atoms with Crippen LogP contribution in [-0.2, 0) is 11.3 Å². The quantitative estimate of drug-likeness (QED) is 0.447. The molecule has 1 saturated heterocycles. The van der Waals surface area contributed by atoms with E-state index in [2.05, 4.69) is 42.0 Å². The van der Waals surface area contributed by atoms with Crippen molar-refractivity contribution in [1.29, 1.82) is 0 Å². The van der Waals surface area contributed by atoms with Crippen LogP contribution in [0, 0.1) is 5.92 Å². The summed E-state index contributed by atoms with van der Waals surface area (Å²) in [7, 11) is 0. The standard InChI is InChI=1S/C27H31N5O2/c1-27(2)14-18(9-11-34-27)17-31-23-13-21(20-12-19-8-10-28-24(19)29-15-20)16-30-25(23)32(26(31)33)22-6-4-3-5-7-22/h6,8,10,12-13,15-16,18H,3-5,7,9,11,14,17H2,1-2H3,(H,28,29). The Bertz CT molecular complexity index is 1450. The molecular weight excluding hydrogens is 426 g/mol. The highest BCUT2D eigenvalue weighted by molar-refractivity contribution is 5.85. The predicted octanol–water partition coefficient (Wildman–Crippen LogP) is 5.36. The van der Waals surface area contributed by atoms with Crippen LogP contribution in [0.4, 0.5) is 0 Å². The molecule has 2 aliphatic rings. The van der Waals surface area contributed by atoms with Crippen LogP contribution in [0.25, 0.3) is 39.0 Å². The molecule has 6 rings (SSSR count). The van der Waals surface area contributed by atoms with Crippen molar-refractivity contribution in [3.8, 4) is 11.1 Å². The Hall–Kier alpha value is -3.19. The summed E-state index contributed by atoms with van der Waals surface area (Å²) >= 11 is 0. The van der Waals surface area contributed by atoms with E-state index in [-0.39, 0.29) is 11.3 Å². The molecule has 7 heteroatoms. The molecule has 1 N–H and O–H groups in total. The Morgan fingerprint density at radius 1 is 1.18 bits per heavy atom. The van der Waals surface area contributed by atoms with E-state index in [1.807, 2.05) is 33.8 Å². The maximum Gasteiger partial charge on any atom is 0.334 e. The second kappa shape index (κ2) is 8.24. The van der Waals surface area contributed by atoms with Crippen LogP contribution < -0.4 is 5.69 Å². The van der Waals surface area contributed by atoms with Gasteiger partial charge in [-0.15, -0.1) is 0 Å². The van der Waals surface area contributed by atoms with Gasteiger partial charge in [-0.1, -0.05) is 6.08 Å². The van der Waals surface area contributed by atoms with Crippen LogP contribution in [0.15, 0.2) is 47.7 Å². The minimum absolute atomic E-state index is 0.0244. The Labute approximate surface area is 198 Å². The topological polar surface area (TPSA) is 77.7 Å². The number of aromatic amines is 1. The van der Waals surface area contributed by atoms with Gasteiger partial charge in [-0.3, -0.25) is 4.57 Å². The Kier molecular flexibility index (Phi) is 5.17. The number of fused-ring (bicyclic) bond motifs is 2. The molecule has 0 spiro atoms. The average molecular weight is 458 g/mol. The van der Waals surface area contributed by atoms with Gasteiger partial charge < -0.3 is 9.72 Å². The molecule has 1 unspecified atom stereocenters. The average Bonchev–Trinajstić information content (AvgIpc) is 3.41. The molecule has 1 aliphatic heterocycles. The lowest BCUT2D eigenvalue weighted by Gasteiger charge is -2.35. The van der Waals surface area contributed by atoms with Gasteiger partial charge in [0.15, 0.2) is 5.65 Å². The van der Waals surface area contributed by atoms with Crippen molar-refractivity contribution < 1.29 is 4.74 Å². The number of H-pyrrole nitrogens is 1. The van der Waals surface area contributed by atoms with Gasteiger partial charge >= 0.3 is 5.69 Å². The largest absolute Gasteiger partial charge is 0.376 e. The van der Waals surface area contributed by atoms with Crippen molar-refractivity contribution in [3.63, 3.8) is 0 Å². The number of hydrogen-bond donors (Lipinski definition) is 1. The lowest BCUT2D eigenvalue weighted by Crippen LogP contribution is -2.37. The third-order valence-corrected chi connectivity index (χ3v) is 7.30. The molecule has 176 valence electrons. The van der Waals surface area contributed by atoms with E-state index in [0.717, 1.165) is 77.7 Å². The number of aromatic nitrogens is 5. The number of ether oxygens (including phenoxy) is 1. The third-order valence-electron chi connectivity index (χ3n) is 7.30. The molecular formula is C27H31N5O2. The first kappa shape index (κ1) is 21.4. The van der Waals surface area contributed by atoms with Crippen LogP contribution in [0.3, 0.4) is 0 Å². The summed E-state index contributed by atoms with van der Waals surface area (Å²) < 4.78 is 9.74. The molecule has 34 heavy (non-hydrogen) atoms. The molecule has 7 nitrogen and oxygen atoms in total. The van der Waals surface area contributed by atoms with Gasteiger partial charge in [0.05, 0.1) is 11.1 Å². The predicted molar refractivity (Wildman–Crippen MR) is 135 cm³/mol. The van der Waals surface area contributed by atoms with E-state index in [4.69, 9.17) is 9.72 Å². The smallest absolute Gasteiger partial charge is 0.334 e.